The Bertz CT molecular complexity index is 1470. The number of nitrogens with zero attached hydrogens (tertiary/aromatic N) is 6. The van der Waals surface area contributed by atoms with Gasteiger partial charge in [0.2, 0.25) is 0 Å². The molecule has 0 aliphatic carbocycles. The van der Waals surface area contributed by atoms with Gasteiger partial charge in [-0.15, -0.1) is 21.5 Å². The van der Waals surface area contributed by atoms with Crippen LogP contribution in [0.3, 0.4) is 0 Å². The minimum Gasteiger partial charge on any atom is -0.481 e. The molecular formula is C25H24N6O2S2. The molecule has 0 saturated heterocycles. The summed E-state index contributed by atoms with van der Waals surface area (Å²) in [6, 6.07) is 9.30. The maximum absolute atomic E-state index is 12.0. The van der Waals surface area contributed by atoms with Crippen molar-refractivity contribution in [3.8, 4) is 16.3 Å². The topological polar surface area (TPSA) is 106 Å². The number of carboxylic acids is 1. The standard InChI is InChI=1S/C25H24N6O2S2/c1-12-14(3)35-23-19(12)21(28-20(13(2)24(32)33)22-30-29-15(4)31(22)23)17-8-6-16(7-9-17)18-10-11-26-25(27-18)34-5/h6-11,13,20H,1-5H3,(H,32,33)/t13-,20?/m0/s1. The lowest BCUT2D eigenvalue weighted by Gasteiger charge is -2.16. The SMILES string of the molecule is CSc1nccc(-c2ccc(C3=NC([C@H](C)C(=O)O)c4nnc(C)n4-c4sc(C)c(C)c43)cc2)n1. The Morgan fingerprint density at radius 2 is 1.83 bits per heavy atom. The van der Waals surface area contributed by atoms with Gasteiger partial charge in [0.15, 0.2) is 11.0 Å². The molecule has 0 amide bonds. The predicted octanol–water partition coefficient (Wildman–Crippen LogP) is 5.05. The van der Waals surface area contributed by atoms with Gasteiger partial charge in [0.05, 0.1) is 17.3 Å². The van der Waals surface area contributed by atoms with Crippen molar-refractivity contribution in [2.45, 2.75) is 38.9 Å². The first kappa shape index (κ1) is 23.4. The maximum atomic E-state index is 12.0. The van der Waals surface area contributed by atoms with Crippen LogP contribution in [0.15, 0.2) is 46.7 Å². The summed E-state index contributed by atoms with van der Waals surface area (Å²) in [5.41, 5.74) is 5.62. The Hall–Kier alpha value is -3.37. The van der Waals surface area contributed by atoms with Crippen LogP contribution >= 0.6 is 23.1 Å². The summed E-state index contributed by atoms with van der Waals surface area (Å²) < 4.78 is 1.97. The minimum atomic E-state index is -0.924. The highest BCUT2D eigenvalue weighted by Gasteiger charge is 2.36. The lowest BCUT2D eigenvalue weighted by Crippen LogP contribution is -2.21. The summed E-state index contributed by atoms with van der Waals surface area (Å²) in [6.45, 7) is 7.73. The molecule has 5 rings (SSSR count). The first-order chi connectivity index (χ1) is 16.8. The van der Waals surface area contributed by atoms with E-state index in [0.717, 1.165) is 43.8 Å². The van der Waals surface area contributed by atoms with Crippen molar-refractivity contribution in [3.63, 3.8) is 0 Å². The monoisotopic (exact) mass is 504 g/mol. The largest absolute Gasteiger partial charge is 0.481 e. The van der Waals surface area contributed by atoms with E-state index in [9.17, 15) is 9.90 Å². The van der Waals surface area contributed by atoms with Crippen molar-refractivity contribution in [2.24, 2.45) is 10.9 Å². The third kappa shape index (κ3) is 3.96. The summed E-state index contributed by atoms with van der Waals surface area (Å²) in [6.07, 6.45) is 3.71. The molecule has 0 radical (unpaired) electrons. The molecule has 0 saturated carbocycles. The number of hydrogen-bond acceptors (Lipinski definition) is 8. The molecule has 4 aromatic rings. The number of carboxylic acid groups (broad SMARTS) is 1. The van der Waals surface area contributed by atoms with Gasteiger partial charge in [-0.25, -0.2) is 9.97 Å². The van der Waals surface area contributed by atoms with E-state index in [2.05, 4.69) is 34.0 Å². The first-order valence-corrected chi connectivity index (χ1v) is 13.1. The van der Waals surface area contributed by atoms with Gasteiger partial charge >= 0.3 is 5.97 Å². The second kappa shape index (κ2) is 9.01. The molecule has 1 aromatic carbocycles. The number of benzene rings is 1. The number of thiophene rings is 1. The Kier molecular flexibility index (Phi) is 6.02. The lowest BCUT2D eigenvalue weighted by molar-refractivity contribution is -0.141. The number of hydrogen-bond donors (Lipinski definition) is 1. The number of fused-ring (bicyclic) bond motifs is 3. The second-order valence-electron chi connectivity index (χ2n) is 8.46. The van der Waals surface area contributed by atoms with Crippen molar-refractivity contribution in [1.82, 2.24) is 24.7 Å². The molecule has 1 aliphatic heterocycles. The third-order valence-electron chi connectivity index (χ3n) is 6.32. The van der Waals surface area contributed by atoms with Crippen molar-refractivity contribution in [1.29, 1.82) is 0 Å². The van der Waals surface area contributed by atoms with Gasteiger partial charge in [-0.05, 0) is 45.6 Å². The fourth-order valence-corrected chi connectivity index (χ4v) is 5.79. The van der Waals surface area contributed by atoms with Gasteiger partial charge < -0.3 is 5.11 Å². The summed E-state index contributed by atoms with van der Waals surface area (Å²) in [5.74, 6) is -0.428. The van der Waals surface area contributed by atoms with Crippen molar-refractivity contribution in [2.75, 3.05) is 6.26 Å². The molecule has 0 spiro atoms. The zero-order valence-electron chi connectivity index (χ0n) is 20.0. The van der Waals surface area contributed by atoms with Crippen LogP contribution in [0.2, 0.25) is 0 Å². The molecule has 0 fully saturated rings. The highest BCUT2D eigenvalue weighted by molar-refractivity contribution is 7.98. The van der Waals surface area contributed by atoms with E-state index in [1.54, 1.807) is 24.5 Å². The fraction of sp³-hybridized carbons (Fsp3) is 0.280. The van der Waals surface area contributed by atoms with Crippen LogP contribution in [-0.4, -0.2) is 47.8 Å². The van der Waals surface area contributed by atoms with Crippen molar-refractivity contribution in [3.05, 3.63) is 69.7 Å². The van der Waals surface area contributed by atoms with E-state index in [1.165, 1.54) is 16.6 Å². The zero-order valence-corrected chi connectivity index (χ0v) is 21.6. The molecule has 0 bridgehead atoms. The summed E-state index contributed by atoms with van der Waals surface area (Å²) >= 11 is 3.15. The highest BCUT2D eigenvalue weighted by Crippen LogP contribution is 2.40. The Morgan fingerprint density at radius 1 is 1.11 bits per heavy atom. The molecule has 178 valence electrons. The van der Waals surface area contributed by atoms with Gasteiger partial charge in [0, 0.05) is 27.8 Å². The molecule has 8 nitrogen and oxygen atoms in total. The van der Waals surface area contributed by atoms with Crippen LogP contribution in [-0.2, 0) is 4.79 Å². The lowest BCUT2D eigenvalue weighted by atomic mass is 9.97. The van der Waals surface area contributed by atoms with E-state index in [0.29, 0.717) is 11.6 Å². The first-order valence-electron chi connectivity index (χ1n) is 11.1. The van der Waals surface area contributed by atoms with Gasteiger partial charge in [-0.3, -0.25) is 14.4 Å². The van der Waals surface area contributed by atoms with Crippen LogP contribution in [0.5, 0.6) is 0 Å². The van der Waals surface area contributed by atoms with Crippen LogP contribution in [0.25, 0.3) is 16.3 Å². The number of carbonyl (C=O) groups is 1. The fourth-order valence-electron chi connectivity index (χ4n) is 4.22. The minimum absolute atomic E-state index is 0.553. The molecule has 1 N–H and O–H groups in total. The Morgan fingerprint density at radius 3 is 2.51 bits per heavy atom. The smallest absolute Gasteiger partial charge is 0.308 e. The van der Waals surface area contributed by atoms with Crippen LogP contribution < -0.4 is 0 Å². The van der Waals surface area contributed by atoms with Crippen LogP contribution in [0, 0.1) is 26.7 Å². The van der Waals surface area contributed by atoms with Gasteiger partial charge in [-0.1, -0.05) is 36.0 Å². The maximum Gasteiger partial charge on any atom is 0.308 e. The zero-order chi connectivity index (χ0) is 24.9. The molecule has 35 heavy (non-hydrogen) atoms. The number of rotatable bonds is 5. The summed E-state index contributed by atoms with van der Waals surface area (Å²) in [4.78, 5) is 27.1. The van der Waals surface area contributed by atoms with E-state index in [-0.39, 0.29) is 0 Å². The average molecular weight is 505 g/mol. The number of aliphatic imine (C=N–C) groups is 1. The number of aliphatic carboxylic acids is 1. The van der Waals surface area contributed by atoms with E-state index in [4.69, 9.17) is 4.99 Å². The molecule has 1 unspecified atom stereocenters. The summed E-state index contributed by atoms with van der Waals surface area (Å²) in [5, 5.41) is 20.2. The molecule has 2 atom stereocenters. The average Bonchev–Trinajstić information content (AvgIpc) is 3.33. The molecule has 3 aromatic heterocycles. The molecule has 10 heteroatoms. The Balaban J connectivity index is 1.69. The van der Waals surface area contributed by atoms with Crippen LogP contribution in [0.4, 0.5) is 0 Å². The number of aromatic nitrogens is 5. The second-order valence-corrected chi connectivity index (χ2v) is 10.4. The van der Waals surface area contributed by atoms with Crippen molar-refractivity contribution < 1.29 is 9.90 Å². The highest BCUT2D eigenvalue weighted by atomic mass is 32.2. The van der Waals surface area contributed by atoms with Crippen LogP contribution in [0.1, 0.15) is 46.2 Å². The van der Waals surface area contributed by atoms with E-state index >= 15 is 0 Å². The quantitative estimate of drug-likeness (QED) is 0.300. The van der Waals surface area contributed by atoms with Gasteiger partial charge in [0.25, 0.3) is 0 Å². The third-order valence-corrected chi connectivity index (χ3v) is 8.08. The van der Waals surface area contributed by atoms with E-state index in [1.807, 2.05) is 48.1 Å². The number of aryl methyl sites for hydroxylation is 2. The molecule has 4 heterocycles. The normalized spacial score (nSPS) is 15.7. The van der Waals surface area contributed by atoms with Gasteiger partial charge in [0.1, 0.15) is 16.9 Å². The van der Waals surface area contributed by atoms with E-state index < -0.39 is 17.9 Å². The predicted molar refractivity (Wildman–Crippen MR) is 138 cm³/mol. The Labute approximate surface area is 211 Å². The van der Waals surface area contributed by atoms with Gasteiger partial charge in [-0.2, -0.15) is 0 Å². The molecule has 1 aliphatic rings. The molecular weight excluding hydrogens is 480 g/mol. The number of thioether (sulfide) groups is 1. The summed E-state index contributed by atoms with van der Waals surface area (Å²) in [7, 11) is 0. The van der Waals surface area contributed by atoms with Crippen molar-refractivity contribution >= 4 is 34.8 Å².